The summed E-state index contributed by atoms with van der Waals surface area (Å²) in [6.07, 6.45) is -4.41. The molecule has 0 aliphatic heterocycles. The largest absolute Gasteiger partial charge is 0.416 e. The van der Waals surface area contributed by atoms with Crippen LogP contribution < -0.4 is 10.6 Å². The molecule has 0 atom stereocenters. The van der Waals surface area contributed by atoms with E-state index < -0.39 is 11.7 Å². The van der Waals surface area contributed by atoms with Gasteiger partial charge < -0.3 is 15.5 Å². The first kappa shape index (κ1) is 26.1. The standard InChI is InChI=1S/C19H24F3N5OS.HI/c1-12-13(2)29-16(26-12)10-24-18(25-11-17(28)27(3)4)23-9-14-6-5-7-15(8-14)19(20,21)22;/h5-8H,9-11H2,1-4H3,(H2,23,24,25);1H. The predicted octanol–water partition coefficient (Wildman–Crippen LogP) is 3.72. The number of halogens is 4. The van der Waals surface area contributed by atoms with Crippen LogP contribution in [0.5, 0.6) is 0 Å². The molecule has 0 aliphatic rings. The summed E-state index contributed by atoms with van der Waals surface area (Å²) in [6.45, 7) is 4.34. The van der Waals surface area contributed by atoms with Crippen LogP contribution in [-0.2, 0) is 24.1 Å². The number of carbonyl (C=O) groups excluding carboxylic acids is 1. The van der Waals surface area contributed by atoms with Crippen molar-refractivity contribution in [3.8, 4) is 0 Å². The van der Waals surface area contributed by atoms with Crippen molar-refractivity contribution in [2.24, 2.45) is 4.99 Å². The Kier molecular flexibility index (Phi) is 10.0. The topological polar surface area (TPSA) is 69.6 Å². The lowest BCUT2D eigenvalue weighted by Crippen LogP contribution is -2.42. The number of benzene rings is 1. The molecule has 0 bridgehead atoms. The summed E-state index contributed by atoms with van der Waals surface area (Å²) < 4.78 is 38.7. The molecule has 2 rings (SSSR count). The zero-order valence-electron chi connectivity index (χ0n) is 17.1. The van der Waals surface area contributed by atoms with Gasteiger partial charge in [0.05, 0.1) is 30.9 Å². The first-order valence-corrected chi connectivity index (χ1v) is 9.69. The molecule has 0 radical (unpaired) electrons. The van der Waals surface area contributed by atoms with Crippen molar-refractivity contribution in [2.75, 3.05) is 20.6 Å². The molecule has 0 unspecified atom stereocenters. The Morgan fingerprint density at radius 2 is 1.93 bits per heavy atom. The maximum Gasteiger partial charge on any atom is 0.416 e. The van der Waals surface area contributed by atoms with Gasteiger partial charge in [-0.05, 0) is 31.5 Å². The molecule has 0 aliphatic carbocycles. The minimum absolute atomic E-state index is 0. The molecular weight excluding hydrogens is 530 g/mol. The molecule has 0 fully saturated rings. The van der Waals surface area contributed by atoms with Crippen LogP contribution in [0, 0.1) is 13.8 Å². The van der Waals surface area contributed by atoms with Gasteiger partial charge in [0.1, 0.15) is 5.01 Å². The second-order valence-corrected chi connectivity index (χ2v) is 7.90. The highest BCUT2D eigenvalue weighted by atomic mass is 127. The number of thiazole rings is 1. The molecule has 166 valence electrons. The van der Waals surface area contributed by atoms with E-state index in [9.17, 15) is 18.0 Å². The molecule has 1 amide bonds. The first-order valence-electron chi connectivity index (χ1n) is 8.87. The van der Waals surface area contributed by atoms with Gasteiger partial charge in [-0.3, -0.25) is 4.79 Å². The van der Waals surface area contributed by atoms with Crippen molar-refractivity contribution >= 4 is 47.2 Å². The van der Waals surface area contributed by atoms with Gasteiger partial charge in [0.15, 0.2) is 5.96 Å². The van der Waals surface area contributed by atoms with E-state index >= 15 is 0 Å². The fraction of sp³-hybridized carbons (Fsp3) is 0.421. The Balaban J connectivity index is 0.00000450. The number of likely N-dealkylation sites (N-methyl/N-ethyl adjacent to an activating group) is 1. The van der Waals surface area contributed by atoms with E-state index in [0.29, 0.717) is 18.1 Å². The van der Waals surface area contributed by atoms with Gasteiger partial charge in [-0.25, -0.2) is 9.98 Å². The zero-order chi connectivity index (χ0) is 21.6. The van der Waals surface area contributed by atoms with E-state index in [-0.39, 0.29) is 43.0 Å². The van der Waals surface area contributed by atoms with Crippen LogP contribution in [0.15, 0.2) is 29.3 Å². The van der Waals surface area contributed by atoms with Crippen molar-refractivity contribution in [3.05, 3.63) is 51.0 Å². The summed E-state index contributed by atoms with van der Waals surface area (Å²) in [5.74, 6) is 0.169. The van der Waals surface area contributed by atoms with Crippen LogP contribution in [0.1, 0.15) is 26.7 Å². The van der Waals surface area contributed by atoms with Crippen LogP contribution in [-0.4, -0.2) is 42.4 Å². The van der Waals surface area contributed by atoms with Gasteiger partial charge >= 0.3 is 6.18 Å². The number of aliphatic imine (C=N–C) groups is 1. The number of nitrogens with one attached hydrogen (secondary N) is 2. The molecule has 11 heteroatoms. The molecule has 2 N–H and O–H groups in total. The number of alkyl halides is 3. The van der Waals surface area contributed by atoms with E-state index in [0.717, 1.165) is 27.7 Å². The maximum absolute atomic E-state index is 12.9. The van der Waals surface area contributed by atoms with Gasteiger partial charge in [-0.2, -0.15) is 13.2 Å². The number of hydrogen-bond donors (Lipinski definition) is 2. The summed E-state index contributed by atoms with van der Waals surface area (Å²) in [4.78, 5) is 23.2. The van der Waals surface area contributed by atoms with Gasteiger partial charge in [0, 0.05) is 19.0 Å². The summed E-state index contributed by atoms with van der Waals surface area (Å²) in [7, 11) is 3.27. The Labute approximate surface area is 195 Å². The third kappa shape index (κ3) is 8.09. The summed E-state index contributed by atoms with van der Waals surface area (Å²) in [6, 6.07) is 5.02. The summed E-state index contributed by atoms with van der Waals surface area (Å²) in [5.41, 5.74) is 0.648. The SMILES string of the molecule is Cc1nc(CNC(=NCc2cccc(C(F)(F)F)c2)NCC(=O)N(C)C)sc1C.I. The van der Waals surface area contributed by atoms with E-state index in [2.05, 4.69) is 20.6 Å². The highest BCUT2D eigenvalue weighted by Gasteiger charge is 2.30. The molecule has 0 saturated heterocycles. The van der Waals surface area contributed by atoms with Crippen LogP contribution in [0.2, 0.25) is 0 Å². The third-order valence-corrected chi connectivity index (χ3v) is 5.13. The van der Waals surface area contributed by atoms with Gasteiger partial charge in [-0.15, -0.1) is 35.3 Å². The number of rotatable bonds is 6. The van der Waals surface area contributed by atoms with E-state index in [1.807, 2.05) is 13.8 Å². The van der Waals surface area contributed by atoms with Crippen molar-refractivity contribution in [1.29, 1.82) is 0 Å². The highest BCUT2D eigenvalue weighted by molar-refractivity contribution is 14.0. The molecule has 2 aromatic rings. The number of carbonyl (C=O) groups is 1. The van der Waals surface area contributed by atoms with Gasteiger partial charge in [-0.1, -0.05) is 12.1 Å². The number of aromatic nitrogens is 1. The third-order valence-electron chi connectivity index (χ3n) is 4.06. The predicted molar refractivity (Wildman–Crippen MR) is 123 cm³/mol. The molecule has 1 heterocycles. The van der Waals surface area contributed by atoms with Gasteiger partial charge in [0.25, 0.3) is 0 Å². The second kappa shape index (κ2) is 11.5. The molecule has 1 aromatic carbocycles. The number of nitrogens with zero attached hydrogens (tertiary/aromatic N) is 3. The van der Waals surface area contributed by atoms with Crippen molar-refractivity contribution in [2.45, 2.75) is 33.1 Å². The van der Waals surface area contributed by atoms with Gasteiger partial charge in [0.2, 0.25) is 5.91 Å². The smallest absolute Gasteiger partial charge is 0.350 e. The lowest BCUT2D eigenvalue weighted by molar-refractivity contribution is -0.137. The lowest BCUT2D eigenvalue weighted by Gasteiger charge is -2.14. The quantitative estimate of drug-likeness (QED) is 0.324. The van der Waals surface area contributed by atoms with Crippen molar-refractivity contribution in [3.63, 3.8) is 0 Å². The number of aryl methyl sites for hydroxylation is 2. The fourth-order valence-corrected chi connectivity index (χ4v) is 3.16. The fourth-order valence-electron chi connectivity index (χ4n) is 2.28. The summed E-state index contributed by atoms with van der Waals surface area (Å²) in [5, 5.41) is 6.84. The van der Waals surface area contributed by atoms with E-state index in [1.165, 1.54) is 11.0 Å². The molecule has 30 heavy (non-hydrogen) atoms. The Bertz CT molecular complexity index is 864. The molecule has 0 spiro atoms. The minimum atomic E-state index is -4.41. The van der Waals surface area contributed by atoms with Crippen LogP contribution in [0.25, 0.3) is 0 Å². The number of guanidine groups is 1. The molecule has 0 saturated carbocycles. The number of amides is 1. The lowest BCUT2D eigenvalue weighted by atomic mass is 10.1. The summed E-state index contributed by atoms with van der Waals surface area (Å²) >= 11 is 1.55. The minimum Gasteiger partial charge on any atom is -0.350 e. The monoisotopic (exact) mass is 555 g/mol. The van der Waals surface area contributed by atoms with Crippen LogP contribution >= 0.6 is 35.3 Å². The normalized spacial score (nSPS) is 11.6. The number of hydrogen-bond acceptors (Lipinski definition) is 4. The Hall–Kier alpha value is -1.89. The molecule has 6 nitrogen and oxygen atoms in total. The average Bonchev–Trinajstić information content (AvgIpc) is 2.98. The molecule has 1 aromatic heterocycles. The van der Waals surface area contributed by atoms with Crippen molar-refractivity contribution < 1.29 is 18.0 Å². The average molecular weight is 555 g/mol. The van der Waals surface area contributed by atoms with E-state index in [4.69, 9.17) is 0 Å². The molecular formula is C19H25F3IN5OS. The van der Waals surface area contributed by atoms with Crippen LogP contribution in [0.4, 0.5) is 13.2 Å². The van der Waals surface area contributed by atoms with Crippen molar-refractivity contribution in [1.82, 2.24) is 20.5 Å². The van der Waals surface area contributed by atoms with Crippen LogP contribution in [0.3, 0.4) is 0 Å². The zero-order valence-corrected chi connectivity index (χ0v) is 20.3. The maximum atomic E-state index is 12.9. The Morgan fingerprint density at radius 3 is 2.50 bits per heavy atom. The Morgan fingerprint density at radius 1 is 1.23 bits per heavy atom. The second-order valence-electron chi connectivity index (χ2n) is 6.61. The van der Waals surface area contributed by atoms with E-state index in [1.54, 1.807) is 31.5 Å². The first-order chi connectivity index (χ1) is 13.6. The highest BCUT2D eigenvalue weighted by Crippen LogP contribution is 2.29.